The summed E-state index contributed by atoms with van der Waals surface area (Å²) < 4.78 is 5.32. The quantitative estimate of drug-likeness (QED) is 0.677. The number of hydrogen-bond donors (Lipinski definition) is 0. The van der Waals surface area contributed by atoms with Gasteiger partial charge in [0.15, 0.2) is 5.78 Å². The van der Waals surface area contributed by atoms with Crippen LogP contribution in [0.4, 0.5) is 0 Å². The fourth-order valence-corrected chi connectivity index (χ4v) is 1.94. The summed E-state index contributed by atoms with van der Waals surface area (Å²) in [5.74, 6) is 0.760. The Labute approximate surface area is 94.4 Å². The van der Waals surface area contributed by atoms with E-state index < -0.39 is 0 Å². The van der Waals surface area contributed by atoms with E-state index in [4.69, 9.17) is 4.74 Å². The van der Waals surface area contributed by atoms with E-state index in [-0.39, 0.29) is 17.3 Å². The summed E-state index contributed by atoms with van der Waals surface area (Å²) >= 11 is 0. The highest BCUT2D eigenvalue weighted by atomic mass is 16.5. The SMILES string of the molecule is CCC(CC)CC(=O)C(OC)C(C)(C)C. The van der Waals surface area contributed by atoms with Gasteiger partial charge < -0.3 is 4.74 Å². The standard InChI is InChI=1S/C13H26O2/c1-7-10(8-2)9-11(14)12(15-6)13(3,4)5/h10,12H,7-9H2,1-6H3. The van der Waals surface area contributed by atoms with Crippen LogP contribution in [0, 0.1) is 11.3 Å². The number of carbonyl (C=O) groups is 1. The Balaban J connectivity index is 4.40. The molecule has 0 N–H and O–H groups in total. The number of rotatable bonds is 6. The van der Waals surface area contributed by atoms with Crippen LogP contribution in [0.15, 0.2) is 0 Å². The molecule has 0 aromatic carbocycles. The molecule has 0 spiro atoms. The van der Waals surface area contributed by atoms with E-state index >= 15 is 0 Å². The fraction of sp³-hybridized carbons (Fsp3) is 0.923. The van der Waals surface area contributed by atoms with Gasteiger partial charge in [0.05, 0.1) is 0 Å². The Morgan fingerprint density at radius 2 is 1.67 bits per heavy atom. The maximum Gasteiger partial charge on any atom is 0.162 e. The molecule has 0 amide bonds. The van der Waals surface area contributed by atoms with E-state index in [1.165, 1.54) is 0 Å². The zero-order chi connectivity index (χ0) is 12.1. The van der Waals surface area contributed by atoms with Crippen LogP contribution in [0.5, 0.6) is 0 Å². The lowest BCUT2D eigenvalue weighted by Gasteiger charge is -2.29. The Morgan fingerprint density at radius 1 is 1.20 bits per heavy atom. The van der Waals surface area contributed by atoms with Crippen LogP contribution in [-0.4, -0.2) is 19.0 Å². The van der Waals surface area contributed by atoms with Crippen LogP contribution < -0.4 is 0 Å². The van der Waals surface area contributed by atoms with E-state index in [0.717, 1.165) is 12.8 Å². The van der Waals surface area contributed by atoms with Gasteiger partial charge in [-0.05, 0) is 11.3 Å². The van der Waals surface area contributed by atoms with Gasteiger partial charge in [0, 0.05) is 13.5 Å². The lowest BCUT2D eigenvalue weighted by atomic mass is 9.83. The van der Waals surface area contributed by atoms with Gasteiger partial charge in [-0.2, -0.15) is 0 Å². The van der Waals surface area contributed by atoms with Crippen molar-refractivity contribution in [3.8, 4) is 0 Å². The van der Waals surface area contributed by atoms with Gasteiger partial charge in [-0.25, -0.2) is 0 Å². The topological polar surface area (TPSA) is 26.3 Å². The van der Waals surface area contributed by atoms with Crippen molar-refractivity contribution in [3.05, 3.63) is 0 Å². The van der Waals surface area contributed by atoms with Crippen molar-refractivity contribution in [2.75, 3.05) is 7.11 Å². The minimum atomic E-state index is -0.266. The van der Waals surface area contributed by atoms with Gasteiger partial charge in [-0.3, -0.25) is 4.79 Å². The third-order valence-electron chi connectivity index (χ3n) is 2.96. The zero-order valence-electron chi connectivity index (χ0n) is 11.1. The molecule has 0 fully saturated rings. The predicted molar refractivity (Wildman–Crippen MR) is 63.9 cm³/mol. The zero-order valence-corrected chi connectivity index (χ0v) is 11.1. The van der Waals surface area contributed by atoms with Gasteiger partial charge in [0.2, 0.25) is 0 Å². The number of methoxy groups -OCH3 is 1. The molecule has 2 nitrogen and oxygen atoms in total. The molecule has 0 aliphatic heterocycles. The summed E-state index contributed by atoms with van der Waals surface area (Å²) in [6.45, 7) is 10.4. The van der Waals surface area contributed by atoms with Crippen molar-refractivity contribution >= 4 is 5.78 Å². The monoisotopic (exact) mass is 214 g/mol. The smallest absolute Gasteiger partial charge is 0.162 e. The van der Waals surface area contributed by atoms with Gasteiger partial charge in [0.25, 0.3) is 0 Å². The second-order valence-corrected chi connectivity index (χ2v) is 5.33. The van der Waals surface area contributed by atoms with Gasteiger partial charge in [0.1, 0.15) is 6.10 Å². The van der Waals surface area contributed by atoms with E-state index in [1.54, 1.807) is 7.11 Å². The molecule has 0 aromatic rings. The number of carbonyl (C=O) groups excluding carboxylic acids is 1. The number of hydrogen-bond acceptors (Lipinski definition) is 2. The molecule has 90 valence electrons. The fourth-order valence-electron chi connectivity index (χ4n) is 1.94. The van der Waals surface area contributed by atoms with Crippen molar-refractivity contribution in [2.24, 2.45) is 11.3 Å². The highest BCUT2D eigenvalue weighted by molar-refractivity contribution is 5.84. The summed E-state index contributed by atoms with van der Waals surface area (Å²) in [5.41, 5.74) is -0.0993. The van der Waals surface area contributed by atoms with Crippen molar-refractivity contribution in [1.82, 2.24) is 0 Å². The van der Waals surface area contributed by atoms with Crippen LogP contribution in [-0.2, 0) is 9.53 Å². The van der Waals surface area contributed by atoms with Crippen LogP contribution in [0.3, 0.4) is 0 Å². The average molecular weight is 214 g/mol. The second kappa shape index (κ2) is 6.26. The Kier molecular flexibility index (Phi) is 6.11. The van der Waals surface area contributed by atoms with Crippen LogP contribution >= 0.6 is 0 Å². The summed E-state index contributed by atoms with van der Waals surface area (Å²) in [5, 5.41) is 0. The minimum Gasteiger partial charge on any atom is -0.373 e. The first kappa shape index (κ1) is 14.6. The van der Waals surface area contributed by atoms with Crippen LogP contribution in [0.25, 0.3) is 0 Å². The van der Waals surface area contributed by atoms with Gasteiger partial charge in [-0.15, -0.1) is 0 Å². The van der Waals surface area contributed by atoms with Crippen molar-refractivity contribution in [3.63, 3.8) is 0 Å². The highest BCUT2D eigenvalue weighted by Crippen LogP contribution is 2.25. The maximum atomic E-state index is 12.0. The third-order valence-corrected chi connectivity index (χ3v) is 2.96. The number of ketones is 1. The van der Waals surface area contributed by atoms with Crippen LogP contribution in [0.2, 0.25) is 0 Å². The molecule has 1 atom stereocenters. The molecule has 0 heterocycles. The molecule has 0 aliphatic carbocycles. The van der Waals surface area contributed by atoms with Crippen molar-refractivity contribution in [2.45, 2.75) is 60.0 Å². The highest BCUT2D eigenvalue weighted by Gasteiger charge is 2.31. The molecule has 0 bridgehead atoms. The molecule has 0 rings (SSSR count). The van der Waals surface area contributed by atoms with Crippen molar-refractivity contribution < 1.29 is 9.53 Å². The van der Waals surface area contributed by atoms with Gasteiger partial charge in [-0.1, -0.05) is 47.5 Å². The Morgan fingerprint density at radius 3 is 1.93 bits per heavy atom. The third kappa shape index (κ3) is 4.78. The summed E-state index contributed by atoms with van der Waals surface area (Å²) in [4.78, 5) is 12.0. The molecule has 1 unspecified atom stereocenters. The molecule has 0 saturated heterocycles. The first-order chi connectivity index (χ1) is 6.86. The lowest BCUT2D eigenvalue weighted by Crippen LogP contribution is -2.37. The molecular formula is C13H26O2. The Hall–Kier alpha value is -0.370. The molecule has 0 radical (unpaired) electrons. The summed E-state index contributed by atoms with van der Waals surface area (Å²) in [7, 11) is 1.63. The maximum absolute atomic E-state index is 12.0. The lowest BCUT2D eigenvalue weighted by molar-refractivity contribution is -0.136. The molecule has 2 heteroatoms. The molecular weight excluding hydrogens is 188 g/mol. The second-order valence-electron chi connectivity index (χ2n) is 5.33. The van der Waals surface area contributed by atoms with E-state index in [2.05, 4.69) is 13.8 Å². The summed E-state index contributed by atoms with van der Waals surface area (Å²) in [6.07, 6.45) is 2.53. The van der Waals surface area contributed by atoms with E-state index in [9.17, 15) is 4.79 Å². The Bertz CT molecular complexity index is 187. The van der Waals surface area contributed by atoms with Crippen molar-refractivity contribution in [1.29, 1.82) is 0 Å². The first-order valence-electron chi connectivity index (χ1n) is 5.92. The minimum absolute atomic E-state index is 0.0993. The molecule has 0 aliphatic rings. The van der Waals surface area contributed by atoms with Gasteiger partial charge >= 0.3 is 0 Å². The van der Waals surface area contributed by atoms with Crippen LogP contribution in [0.1, 0.15) is 53.9 Å². The summed E-state index contributed by atoms with van der Waals surface area (Å²) in [6, 6.07) is 0. The van der Waals surface area contributed by atoms with E-state index in [0.29, 0.717) is 12.3 Å². The normalized spacial score (nSPS) is 14.3. The number of ether oxygens (including phenoxy) is 1. The number of Topliss-reactive ketones (excluding diaryl/α,β-unsaturated/α-hetero) is 1. The molecule has 15 heavy (non-hydrogen) atoms. The predicted octanol–water partition coefficient (Wildman–Crippen LogP) is 3.44. The van der Waals surface area contributed by atoms with E-state index in [1.807, 2.05) is 20.8 Å². The average Bonchev–Trinajstić information content (AvgIpc) is 2.12. The molecule has 0 aromatic heterocycles. The molecule has 0 saturated carbocycles. The first-order valence-corrected chi connectivity index (χ1v) is 5.92. The largest absolute Gasteiger partial charge is 0.373 e.